The zero-order valence-corrected chi connectivity index (χ0v) is 10.1. The number of allylic oxidation sites excluding steroid dienone is 3. The van der Waals surface area contributed by atoms with E-state index in [0.29, 0.717) is 6.04 Å². The summed E-state index contributed by atoms with van der Waals surface area (Å²) < 4.78 is 1.01. The van der Waals surface area contributed by atoms with Crippen LogP contribution in [0.25, 0.3) is 0 Å². The van der Waals surface area contributed by atoms with Crippen molar-refractivity contribution in [2.24, 2.45) is 0 Å². The highest BCUT2D eigenvalue weighted by molar-refractivity contribution is 5.55. The number of likely N-dealkylation sites (N-methyl/N-ethyl adjacent to an activating group) is 1. The first kappa shape index (κ1) is 9.72. The van der Waals surface area contributed by atoms with Crippen molar-refractivity contribution in [3.63, 3.8) is 0 Å². The third-order valence-corrected chi connectivity index (χ3v) is 4.21. The second-order valence-corrected chi connectivity index (χ2v) is 5.12. The maximum Gasteiger partial charge on any atom is 0.141 e. The van der Waals surface area contributed by atoms with E-state index in [1.54, 1.807) is 11.1 Å². The summed E-state index contributed by atoms with van der Waals surface area (Å²) in [6, 6.07) is 0.593. The quantitative estimate of drug-likeness (QED) is 0.515. The van der Waals surface area contributed by atoms with Gasteiger partial charge in [0.05, 0.1) is 14.1 Å². The van der Waals surface area contributed by atoms with Crippen molar-refractivity contribution in [1.82, 2.24) is 0 Å². The van der Waals surface area contributed by atoms with Crippen molar-refractivity contribution in [3.05, 3.63) is 34.1 Å². The molecule has 14 heavy (non-hydrogen) atoms. The molecule has 2 rings (SSSR count). The Balaban J connectivity index is 2.61. The van der Waals surface area contributed by atoms with Crippen molar-refractivity contribution < 1.29 is 4.48 Å². The molecule has 1 heterocycles. The van der Waals surface area contributed by atoms with Gasteiger partial charge in [0.15, 0.2) is 0 Å². The number of rotatable bonds is 0. The molecule has 1 atom stereocenters. The van der Waals surface area contributed by atoms with Crippen LogP contribution in [0.3, 0.4) is 0 Å². The summed E-state index contributed by atoms with van der Waals surface area (Å²) in [5.74, 6) is 0. The summed E-state index contributed by atoms with van der Waals surface area (Å²) in [7, 11) is 4.61. The van der Waals surface area contributed by atoms with Gasteiger partial charge in [0.2, 0.25) is 0 Å². The minimum absolute atomic E-state index is 0.593. The van der Waals surface area contributed by atoms with Crippen molar-refractivity contribution in [3.8, 4) is 0 Å². The minimum atomic E-state index is 0.593. The first-order chi connectivity index (χ1) is 6.37. The van der Waals surface area contributed by atoms with Gasteiger partial charge >= 0.3 is 0 Å². The minimum Gasteiger partial charge on any atom is -0.290 e. The highest BCUT2D eigenvalue weighted by Gasteiger charge is 2.44. The van der Waals surface area contributed by atoms with E-state index >= 15 is 0 Å². The van der Waals surface area contributed by atoms with Gasteiger partial charge in [-0.3, -0.25) is 4.48 Å². The summed E-state index contributed by atoms with van der Waals surface area (Å²) >= 11 is 0. The van der Waals surface area contributed by atoms with Crippen LogP contribution in [0.4, 0.5) is 0 Å². The number of quaternary nitrogens is 1. The van der Waals surface area contributed by atoms with E-state index in [1.807, 2.05) is 0 Å². The summed E-state index contributed by atoms with van der Waals surface area (Å²) in [6.45, 7) is 9.02. The molecule has 0 aromatic carbocycles. The summed E-state index contributed by atoms with van der Waals surface area (Å²) in [4.78, 5) is 0. The largest absolute Gasteiger partial charge is 0.290 e. The van der Waals surface area contributed by atoms with Crippen LogP contribution in [-0.4, -0.2) is 24.6 Å². The molecule has 0 spiro atoms. The van der Waals surface area contributed by atoms with Crippen molar-refractivity contribution in [2.75, 3.05) is 14.1 Å². The Hall–Kier alpha value is -0.820. The molecular formula is C13H20N+. The van der Waals surface area contributed by atoms with E-state index in [-0.39, 0.29) is 0 Å². The average molecular weight is 190 g/mol. The van der Waals surface area contributed by atoms with E-state index in [1.165, 1.54) is 16.8 Å². The van der Waals surface area contributed by atoms with E-state index in [4.69, 9.17) is 0 Å². The molecule has 0 radical (unpaired) electrons. The molecule has 2 aliphatic rings. The lowest BCUT2D eigenvalue weighted by atomic mass is 10.1. The lowest BCUT2D eigenvalue weighted by molar-refractivity contribution is -0.861. The molecule has 0 N–H and O–H groups in total. The monoisotopic (exact) mass is 190 g/mol. The first-order valence-electron chi connectivity index (χ1n) is 5.28. The Bertz CT molecular complexity index is 391. The lowest BCUT2D eigenvalue weighted by Gasteiger charge is -2.33. The van der Waals surface area contributed by atoms with Gasteiger partial charge in [0.1, 0.15) is 11.7 Å². The zero-order valence-electron chi connectivity index (χ0n) is 10.1. The first-order valence-corrected chi connectivity index (χ1v) is 5.28. The molecule has 0 bridgehead atoms. The van der Waals surface area contributed by atoms with Gasteiger partial charge in [-0.1, -0.05) is 0 Å². The standard InChI is InChI=1S/C13H20N/c1-8-7-12-10(3)9(2)11(4)13(12)14(8,5)6/h7,13H,1-6H3/q+1. The fourth-order valence-corrected chi connectivity index (χ4v) is 2.77. The van der Waals surface area contributed by atoms with Gasteiger partial charge in [-0.25, -0.2) is 0 Å². The second-order valence-electron chi connectivity index (χ2n) is 5.12. The molecule has 0 amide bonds. The third-order valence-electron chi connectivity index (χ3n) is 4.21. The highest BCUT2D eigenvalue weighted by atomic mass is 15.4. The van der Waals surface area contributed by atoms with Gasteiger partial charge in [0, 0.05) is 18.6 Å². The van der Waals surface area contributed by atoms with Crippen LogP contribution in [0.1, 0.15) is 27.7 Å². The van der Waals surface area contributed by atoms with Gasteiger partial charge in [-0.15, -0.1) is 0 Å². The smallest absolute Gasteiger partial charge is 0.141 e. The van der Waals surface area contributed by atoms with Crippen LogP contribution < -0.4 is 0 Å². The topological polar surface area (TPSA) is 0 Å². The number of hydrogen-bond acceptors (Lipinski definition) is 0. The fourth-order valence-electron chi connectivity index (χ4n) is 2.77. The Morgan fingerprint density at radius 3 is 2.07 bits per heavy atom. The Labute approximate surface area is 87.0 Å². The van der Waals surface area contributed by atoms with Gasteiger partial charge in [-0.05, 0) is 37.5 Å². The van der Waals surface area contributed by atoms with Crippen molar-refractivity contribution >= 4 is 0 Å². The Morgan fingerprint density at radius 1 is 1.00 bits per heavy atom. The van der Waals surface area contributed by atoms with Crippen LogP contribution in [0.5, 0.6) is 0 Å². The maximum absolute atomic E-state index is 2.38. The molecule has 1 aliphatic heterocycles. The number of fused-ring (bicyclic) bond motifs is 1. The van der Waals surface area contributed by atoms with Crippen LogP contribution >= 0.6 is 0 Å². The van der Waals surface area contributed by atoms with E-state index in [2.05, 4.69) is 47.9 Å². The fraction of sp³-hybridized carbons (Fsp3) is 0.538. The van der Waals surface area contributed by atoms with E-state index < -0.39 is 0 Å². The van der Waals surface area contributed by atoms with Gasteiger partial charge < -0.3 is 0 Å². The molecule has 1 heteroatoms. The Morgan fingerprint density at radius 2 is 1.57 bits per heavy atom. The van der Waals surface area contributed by atoms with Crippen LogP contribution in [0, 0.1) is 0 Å². The maximum atomic E-state index is 2.38. The molecule has 1 unspecified atom stereocenters. The van der Waals surface area contributed by atoms with Crippen LogP contribution in [0.2, 0.25) is 0 Å². The average Bonchev–Trinajstić information content (AvgIpc) is 2.45. The van der Waals surface area contributed by atoms with Crippen molar-refractivity contribution in [1.29, 1.82) is 0 Å². The molecule has 76 valence electrons. The van der Waals surface area contributed by atoms with Crippen LogP contribution in [-0.2, 0) is 0 Å². The van der Waals surface area contributed by atoms with Gasteiger partial charge in [-0.2, -0.15) is 0 Å². The van der Waals surface area contributed by atoms with Gasteiger partial charge in [0.25, 0.3) is 0 Å². The molecule has 0 aromatic heterocycles. The predicted molar refractivity (Wildman–Crippen MR) is 60.7 cm³/mol. The lowest BCUT2D eigenvalue weighted by Crippen LogP contribution is -2.44. The molecule has 0 saturated heterocycles. The van der Waals surface area contributed by atoms with E-state index in [9.17, 15) is 0 Å². The van der Waals surface area contributed by atoms with E-state index in [0.717, 1.165) is 4.48 Å². The summed E-state index contributed by atoms with van der Waals surface area (Å²) in [5.41, 5.74) is 7.56. The molecule has 0 saturated carbocycles. The SMILES string of the molecule is CC1=CC2=C(C)C(C)=C(C)C2[N+]1(C)C. The second kappa shape index (κ2) is 2.60. The molecule has 1 aliphatic carbocycles. The molecular weight excluding hydrogens is 170 g/mol. The highest BCUT2D eigenvalue weighted by Crippen LogP contribution is 2.44. The molecule has 0 fully saturated rings. The third kappa shape index (κ3) is 0.936. The number of nitrogens with zero attached hydrogens (tertiary/aromatic N) is 1. The molecule has 0 aromatic rings. The van der Waals surface area contributed by atoms with Crippen LogP contribution in [0.15, 0.2) is 34.1 Å². The zero-order chi connectivity index (χ0) is 10.7. The summed E-state index contributed by atoms with van der Waals surface area (Å²) in [6.07, 6.45) is 2.38. The summed E-state index contributed by atoms with van der Waals surface area (Å²) in [5, 5.41) is 0. The number of hydrogen-bond donors (Lipinski definition) is 0. The normalized spacial score (nSPS) is 29.9. The Kier molecular flexibility index (Phi) is 1.81. The predicted octanol–water partition coefficient (Wildman–Crippen LogP) is 3.02. The molecule has 1 nitrogen and oxygen atoms in total. The van der Waals surface area contributed by atoms with Crippen molar-refractivity contribution in [2.45, 2.75) is 33.7 Å².